The molecule has 0 radical (unpaired) electrons. The summed E-state index contributed by atoms with van der Waals surface area (Å²) in [6.45, 7) is 2.58. The minimum atomic E-state index is 0.143. The van der Waals surface area contributed by atoms with Crippen molar-refractivity contribution < 1.29 is 4.74 Å². The van der Waals surface area contributed by atoms with E-state index in [1.165, 1.54) is 0 Å². The number of hydrogen-bond acceptors (Lipinski definition) is 4. The summed E-state index contributed by atoms with van der Waals surface area (Å²) in [4.78, 5) is 6.07. The third-order valence-corrected chi connectivity index (χ3v) is 2.77. The van der Waals surface area contributed by atoms with E-state index in [2.05, 4.69) is 4.98 Å². The van der Waals surface area contributed by atoms with Gasteiger partial charge in [0.15, 0.2) is 0 Å². The van der Waals surface area contributed by atoms with Gasteiger partial charge in [-0.3, -0.25) is 0 Å². The molecule has 0 aliphatic carbocycles. The van der Waals surface area contributed by atoms with Crippen molar-refractivity contribution in [1.29, 1.82) is 5.26 Å². The van der Waals surface area contributed by atoms with Crippen molar-refractivity contribution in [2.75, 3.05) is 25.7 Å². The fourth-order valence-corrected chi connectivity index (χ4v) is 1.61. The van der Waals surface area contributed by atoms with Crippen molar-refractivity contribution in [3.8, 4) is 6.07 Å². The minimum Gasteiger partial charge on any atom is -0.383 e. The number of anilines is 1. The van der Waals surface area contributed by atoms with Crippen molar-refractivity contribution in [1.82, 2.24) is 4.98 Å². The van der Waals surface area contributed by atoms with Crippen LogP contribution in [0.25, 0.3) is 0 Å². The Labute approximate surface area is 100 Å². The molecule has 0 aliphatic heterocycles. The van der Waals surface area contributed by atoms with Gasteiger partial charge in [0.25, 0.3) is 0 Å². The van der Waals surface area contributed by atoms with Gasteiger partial charge >= 0.3 is 0 Å². The fraction of sp³-hybridized carbons (Fsp3) is 0.455. The van der Waals surface area contributed by atoms with E-state index >= 15 is 0 Å². The standard InChI is InChI=1S/C11H14ClN3O/c1-8(7-16-3)15(2)11-10(12)9(6-13)4-5-14-11/h4-5,8H,7H2,1-3H3. The Morgan fingerprint density at radius 2 is 2.38 bits per heavy atom. The molecule has 0 saturated heterocycles. The molecule has 5 heteroatoms. The molecule has 16 heavy (non-hydrogen) atoms. The third kappa shape index (κ3) is 2.63. The van der Waals surface area contributed by atoms with Gasteiger partial charge in [-0.05, 0) is 13.0 Å². The molecule has 1 rings (SSSR count). The van der Waals surface area contributed by atoms with Crippen LogP contribution in [0.1, 0.15) is 12.5 Å². The second-order valence-corrected chi connectivity index (χ2v) is 3.90. The molecule has 1 aromatic heterocycles. The number of aromatic nitrogens is 1. The van der Waals surface area contributed by atoms with Crippen LogP contribution in [0.4, 0.5) is 5.82 Å². The lowest BCUT2D eigenvalue weighted by atomic mass is 10.2. The second-order valence-electron chi connectivity index (χ2n) is 3.52. The highest BCUT2D eigenvalue weighted by Crippen LogP contribution is 2.26. The van der Waals surface area contributed by atoms with Crippen LogP contribution in [0.15, 0.2) is 12.3 Å². The summed E-state index contributed by atoms with van der Waals surface area (Å²) >= 11 is 6.08. The zero-order valence-electron chi connectivity index (χ0n) is 9.57. The quantitative estimate of drug-likeness (QED) is 0.807. The number of methoxy groups -OCH3 is 1. The first kappa shape index (κ1) is 12.8. The molecule has 1 atom stereocenters. The van der Waals surface area contributed by atoms with Gasteiger partial charge in [-0.15, -0.1) is 0 Å². The van der Waals surface area contributed by atoms with Crippen molar-refractivity contribution in [2.45, 2.75) is 13.0 Å². The van der Waals surface area contributed by atoms with E-state index in [-0.39, 0.29) is 6.04 Å². The number of halogens is 1. The largest absolute Gasteiger partial charge is 0.383 e. The summed E-state index contributed by atoms with van der Waals surface area (Å²) in [5.74, 6) is 0.602. The van der Waals surface area contributed by atoms with E-state index in [1.807, 2.05) is 24.9 Å². The zero-order valence-corrected chi connectivity index (χ0v) is 10.3. The lowest BCUT2D eigenvalue weighted by molar-refractivity contribution is 0.183. The van der Waals surface area contributed by atoms with Gasteiger partial charge in [0.05, 0.1) is 18.2 Å². The molecule has 0 spiro atoms. The topological polar surface area (TPSA) is 49.1 Å². The Bertz CT molecular complexity index is 403. The Kier molecular flexibility index (Phi) is 4.53. The van der Waals surface area contributed by atoms with Crippen LogP contribution < -0.4 is 4.90 Å². The average Bonchev–Trinajstić information content (AvgIpc) is 2.29. The third-order valence-electron chi connectivity index (χ3n) is 2.39. The van der Waals surface area contributed by atoms with E-state index in [9.17, 15) is 0 Å². The Morgan fingerprint density at radius 3 is 2.94 bits per heavy atom. The van der Waals surface area contributed by atoms with Crippen LogP contribution in [0.2, 0.25) is 5.02 Å². The highest BCUT2D eigenvalue weighted by Gasteiger charge is 2.16. The molecule has 1 aromatic rings. The number of nitrogens with zero attached hydrogens (tertiary/aromatic N) is 3. The summed E-state index contributed by atoms with van der Waals surface area (Å²) in [7, 11) is 3.52. The monoisotopic (exact) mass is 239 g/mol. The summed E-state index contributed by atoms with van der Waals surface area (Å²) in [6, 6.07) is 3.77. The van der Waals surface area contributed by atoms with E-state index < -0.39 is 0 Å². The zero-order chi connectivity index (χ0) is 12.1. The van der Waals surface area contributed by atoms with Gasteiger partial charge < -0.3 is 9.64 Å². The maximum atomic E-state index is 8.86. The number of ether oxygens (including phenoxy) is 1. The normalized spacial score (nSPS) is 11.9. The molecule has 1 heterocycles. The van der Waals surface area contributed by atoms with Crippen molar-refractivity contribution in [3.63, 3.8) is 0 Å². The maximum Gasteiger partial charge on any atom is 0.148 e. The number of rotatable bonds is 4. The maximum absolute atomic E-state index is 8.86. The molecular weight excluding hydrogens is 226 g/mol. The van der Waals surface area contributed by atoms with Gasteiger partial charge in [-0.25, -0.2) is 4.98 Å². The van der Waals surface area contributed by atoms with Crippen LogP contribution in [0.5, 0.6) is 0 Å². The van der Waals surface area contributed by atoms with Crippen LogP contribution >= 0.6 is 11.6 Å². The average molecular weight is 240 g/mol. The van der Waals surface area contributed by atoms with Gasteiger partial charge in [0.2, 0.25) is 0 Å². The summed E-state index contributed by atoms with van der Waals surface area (Å²) in [5, 5.41) is 9.25. The van der Waals surface area contributed by atoms with E-state index in [1.54, 1.807) is 19.4 Å². The second kappa shape index (κ2) is 5.69. The van der Waals surface area contributed by atoms with Crippen molar-refractivity contribution in [3.05, 3.63) is 22.8 Å². The predicted octanol–water partition coefficient (Wildman–Crippen LogP) is 2.08. The highest BCUT2D eigenvalue weighted by molar-refractivity contribution is 6.34. The van der Waals surface area contributed by atoms with Crippen LogP contribution in [-0.2, 0) is 4.74 Å². The SMILES string of the molecule is COCC(C)N(C)c1nccc(C#N)c1Cl. The van der Waals surface area contributed by atoms with Crippen LogP contribution in [0, 0.1) is 11.3 Å². The van der Waals surface area contributed by atoms with Crippen molar-refractivity contribution >= 4 is 17.4 Å². The highest BCUT2D eigenvalue weighted by atomic mass is 35.5. The van der Waals surface area contributed by atoms with Crippen molar-refractivity contribution in [2.24, 2.45) is 0 Å². The van der Waals surface area contributed by atoms with E-state index in [0.717, 1.165) is 0 Å². The Morgan fingerprint density at radius 1 is 1.69 bits per heavy atom. The molecule has 86 valence electrons. The number of nitriles is 1. The molecule has 0 bridgehead atoms. The fourth-order valence-electron chi connectivity index (χ4n) is 1.33. The Hall–Kier alpha value is -1.31. The van der Waals surface area contributed by atoms with E-state index in [0.29, 0.717) is 23.0 Å². The first-order chi connectivity index (χ1) is 7.61. The summed E-state index contributed by atoms with van der Waals surface area (Å²) in [6.07, 6.45) is 1.58. The minimum absolute atomic E-state index is 0.143. The smallest absolute Gasteiger partial charge is 0.148 e. The molecule has 0 saturated carbocycles. The van der Waals surface area contributed by atoms with Gasteiger partial charge in [0, 0.05) is 20.4 Å². The number of likely N-dealkylation sites (N-methyl/N-ethyl adjacent to an activating group) is 1. The molecule has 0 amide bonds. The number of pyridine rings is 1. The van der Waals surface area contributed by atoms with Gasteiger partial charge in [-0.2, -0.15) is 5.26 Å². The predicted molar refractivity (Wildman–Crippen MR) is 63.7 cm³/mol. The van der Waals surface area contributed by atoms with Crippen LogP contribution in [0.3, 0.4) is 0 Å². The molecule has 0 aliphatic rings. The molecule has 0 fully saturated rings. The molecule has 0 aromatic carbocycles. The van der Waals surface area contributed by atoms with E-state index in [4.69, 9.17) is 21.6 Å². The van der Waals surface area contributed by atoms with Gasteiger partial charge in [-0.1, -0.05) is 11.6 Å². The summed E-state index contributed by atoms with van der Waals surface area (Å²) in [5.41, 5.74) is 0.433. The van der Waals surface area contributed by atoms with Crippen LogP contribution in [-0.4, -0.2) is 31.8 Å². The number of hydrogen-bond donors (Lipinski definition) is 0. The van der Waals surface area contributed by atoms with Gasteiger partial charge in [0.1, 0.15) is 16.9 Å². The summed E-state index contributed by atoms with van der Waals surface area (Å²) < 4.78 is 5.07. The Balaban J connectivity index is 3.00. The first-order valence-electron chi connectivity index (χ1n) is 4.88. The molecule has 1 unspecified atom stereocenters. The lowest BCUT2D eigenvalue weighted by Gasteiger charge is -2.26. The molecule has 0 N–H and O–H groups in total. The molecular formula is C11H14ClN3O. The first-order valence-corrected chi connectivity index (χ1v) is 5.26. The molecule has 4 nitrogen and oxygen atoms in total. The lowest BCUT2D eigenvalue weighted by Crippen LogP contribution is -2.33.